The molecule has 0 N–H and O–H groups in total. The fraction of sp³-hybridized carbons (Fsp3) is 0.650. The minimum Gasteiger partial charge on any atom is -0.444 e. The van der Waals surface area contributed by atoms with Crippen LogP contribution in [0.2, 0.25) is 0 Å². The van der Waals surface area contributed by atoms with Gasteiger partial charge < -0.3 is 4.74 Å². The van der Waals surface area contributed by atoms with Crippen LogP contribution in [-0.2, 0) is 24.8 Å². The lowest BCUT2D eigenvalue weighted by Gasteiger charge is -2.32. The Morgan fingerprint density at radius 3 is 2.56 bits per heavy atom. The Labute approximate surface area is 162 Å². The molecular weight excluding hydrogens is 366 g/mol. The number of rotatable bonds is 5. The molecule has 1 saturated carbocycles. The largest absolute Gasteiger partial charge is 0.444 e. The van der Waals surface area contributed by atoms with E-state index in [4.69, 9.17) is 8.92 Å². The molecule has 1 aromatic rings. The Hall–Kier alpha value is -1.60. The molecule has 3 atom stereocenters. The van der Waals surface area contributed by atoms with Crippen LogP contribution in [0, 0.1) is 5.92 Å². The number of carbonyl (C=O) groups is 1. The summed E-state index contributed by atoms with van der Waals surface area (Å²) in [4.78, 5) is 14.5. The van der Waals surface area contributed by atoms with Gasteiger partial charge in [-0.3, -0.25) is 9.08 Å². The molecule has 0 radical (unpaired) electrons. The molecule has 1 aliphatic heterocycles. The highest BCUT2D eigenvalue weighted by molar-refractivity contribution is 7.85. The Morgan fingerprint density at radius 1 is 1.19 bits per heavy atom. The van der Waals surface area contributed by atoms with Crippen LogP contribution in [0.5, 0.6) is 0 Å². The van der Waals surface area contributed by atoms with Gasteiger partial charge in [0, 0.05) is 6.04 Å². The number of amides is 1. The third-order valence-corrected chi connectivity index (χ3v) is 6.36. The van der Waals surface area contributed by atoms with Gasteiger partial charge in [-0.05, 0) is 51.5 Å². The molecule has 1 saturated heterocycles. The predicted octanol–water partition coefficient (Wildman–Crippen LogP) is 3.71. The predicted molar refractivity (Wildman–Crippen MR) is 103 cm³/mol. The SMILES string of the molecule is CC(C)(C)OC(=O)N1C(COS(=O)(=O)Cc2ccccc2)CC2CCCC21. The smallest absolute Gasteiger partial charge is 0.410 e. The second-order valence-electron chi connectivity index (χ2n) is 8.51. The third kappa shape index (κ3) is 5.23. The van der Waals surface area contributed by atoms with Crippen molar-refractivity contribution in [3.05, 3.63) is 35.9 Å². The lowest BCUT2D eigenvalue weighted by Crippen LogP contribution is -2.46. The molecule has 3 rings (SSSR count). The first-order chi connectivity index (χ1) is 12.6. The summed E-state index contributed by atoms with van der Waals surface area (Å²) in [5, 5.41) is 0. The summed E-state index contributed by atoms with van der Waals surface area (Å²) in [6.07, 6.45) is 3.50. The lowest BCUT2D eigenvalue weighted by atomic mass is 10.0. The van der Waals surface area contributed by atoms with Crippen LogP contribution in [0.15, 0.2) is 30.3 Å². The maximum absolute atomic E-state index is 12.7. The monoisotopic (exact) mass is 395 g/mol. The van der Waals surface area contributed by atoms with Gasteiger partial charge in [0.15, 0.2) is 0 Å². The fourth-order valence-electron chi connectivity index (χ4n) is 4.14. The molecule has 6 nitrogen and oxygen atoms in total. The first-order valence-electron chi connectivity index (χ1n) is 9.57. The highest BCUT2D eigenvalue weighted by Gasteiger charge is 2.47. The van der Waals surface area contributed by atoms with E-state index >= 15 is 0 Å². The van der Waals surface area contributed by atoms with E-state index in [9.17, 15) is 13.2 Å². The topological polar surface area (TPSA) is 72.9 Å². The molecule has 1 heterocycles. The van der Waals surface area contributed by atoms with Crippen LogP contribution in [0.4, 0.5) is 4.79 Å². The molecule has 1 aliphatic carbocycles. The van der Waals surface area contributed by atoms with Crippen molar-refractivity contribution in [3.63, 3.8) is 0 Å². The summed E-state index contributed by atoms with van der Waals surface area (Å²) in [7, 11) is -3.71. The Balaban J connectivity index is 1.66. The van der Waals surface area contributed by atoms with E-state index in [1.165, 1.54) is 0 Å². The average Bonchev–Trinajstić information content (AvgIpc) is 3.12. The second kappa shape index (κ2) is 7.80. The van der Waals surface area contributed by atoms with E-state index in [2.05, 4.69) is 0 Å². The number of benzene rings is 1. The number of nitrogens with zero attached hydrogens (tertiary/aromatic N) is 1. The van der Waals surface area contributed by atoms with Crippen LogP contribution in [0.3, 0.4) is 0 Å². The number of carbonyl (C=O) groups excluding carboxylic acids is 1. The molecule has 2 aliphatic rings. The normalized spacial score (nSPS) is 25.4. The van der Waals surface area contributed by atoms with Gasteiger partial charge in [-0.2, -0.15) is 8.42 Å². The highest BCUT2D eigenvalue weighted by atomic mass is 32.2. The van der Waals surface area contributed by atoms with Gasteiger partial charge >= 0.3 is 6.09 Å². The number of hydrogen-bond acceptors (Lipinski definition) is 5. The molecule has 1 amide bonds. The Morgan fingerprint density at radius 2 is 1.89 bits per heavy atom. The van der Waals surface area contributed by atoms with Crippen LogP contribution in [-0.4, -0.2) is 43.7 Å². The van der Waals surface area contributed by atoms with Crippen LogP contribution < -0.4 is 0 Å². The summed E-state index contributed by atoms with van der Waals surface area (Å²) in [6.45, 7) is 5.50. The van der Waals surface area contributed by atoms with E-state index in [0.29, 0.717) is 11.5 Å². The number of likely N-dealkylation sites (tertiary alicyclic amines) is 1. The van der Waals surface area contributed by atoms with Gasteiger partial charge in [0.05, 0.1) is 12.6 Å². The average molecular weight is 396 g/mol. The van der Waals surface area contributed by atoms with Gasteiger partial charge in [-0.1, -0.05) is 36.8 Å². The number of fused-ring (bicyclic) bond motifs is 1. The second-order valence-corrected chi connectivity index (χ2v) is 10.1. The van der Waals surface area contributed by atoms with Crippen LogP contribution >= 0.6 is 0 Å². The van der Waals surface area contributed by atoms with Crippen molar-refractivity contribution in [1.82, 2.24) is 4.90 Å². The van der Waals surface area contributed by atoms with Gasteiger partial charge in [0.25, 0.3) is 10.1 Å². The molecule has 0 aromatic heterocycles. The Bertz CT molecular complexity index is 756. The van der Waals surface area contributed by atoms with E-state index in [1.54, 1.807) is 29.2 Å². The standard InChI is InChI=1S/C20H29NO5S/c1-20(2,3)26-19(22)21-17(12-16-10-7-11-18(16)21)13-25-27(23,24)14-15-8-5-4-6-9-15/h4-6,8-9,16-18H,7,10-14H2,1-3H3. The number of hydrogen-bond donors (Lipinski definition) is 0. The molecule has 1 aromatic carbocycles. The molecule has 150 valence electrons. The quantitative estimate of drug-likeness (QED) is 0.711. The van der Waals surface area contributed by atoms with Crippen molar-refractivity contribution >= 4 is 16.2 Å². The molecule has 2 fully saturated rings. The zero-order chi connectivity index (χ0) is 19.7. The lowest BCUT2D eigenvalue weighted by molar-refractivity contribution is 0.00978. The summed E-state index contributed by atoms with van der Waals surface area (Å²) in [5.41, 5.74) is 0.100. The van der Waals surface area contributed by atoms with Gasteiger partial charge in [0.2, 0.25) is 0 Å². The Kier molecular flexibility index (Phi) is 5.82. The van der Waals surface area contributed by atoms with E-state index in [1.807, 2.05) is 26.8 Å². The van der Waals surface area contributed by atoms with Gasteiger partial charge in [-0.15, -0.1) is 0 Å². The minimum absolute atomic E-state index is 0.0125. The van der Waals surface area contributed by atoms with E-state index < -0.39 is 15.7 Å². The zero-order valence-corrected chi connectivity index (χ0v) is 17.1. The summed E-state index contributed by atoms with van der Waals surface area (Å²) >= 11 is 0. The van der Waals surface area contributed by atoms with Crippen molar-refractivity contribution in [1.29, 1.82) is 0 Å². The van der Waals surface area contributed by atoms with Crippen molar-refractivity contribution in [2.45, 2.75) is 69.9 Å². The zero-order valence-electron chi connectivity index (χ0n) is 16.3. The summed E-state index contributed by atoms with van der Waals surface area (Å²) in [5.74, 6) is 0.239. The van der Waals surface area contributed by atoms with Gasteiger partial charge in [0.1, 0.15) is 11.4 Å². The number of ether oxygens (including phenoxy) is 1. The highest BCUT2D eigenvalue weighted by Crippen LogP contribution is 2.42. The molecule has 0 spiro atoms. The van der Waals surface area contributed by atoms with Crippen LogP contribution in [0.1, 0.15) is 52.0 Å². The minimum atomic E-state index is -3.71. The van der Waals surface area contributed by atoms with Crippen molar-refractivity contribution in [2.24, 2.45) is 5.92 Å². The molecular formula is C20H29NO5S. The van der Waals surface area contributed by atoms with E-state index in [-0.39, 0.29) is 30.5 Å². The van der Waals surface area contributed by atoms with Crippen molar-refractivity contribution in [2.75, 3.05) is 6.61 Å². The summed E-state index contributed by atoms with van der Waals surface area (Å²) < 4.78 is 35.6. The van der Waals surface area contributed by atoms with Gasteiger partial charge in [-0.25, -0.2) is 4.79 Å². The first kappa shape index (κ1) is 20.1. The molecule has 0 bridgehead atoms. The fourth-order valence-corrected chi connectivity index (χ4v) is 5.19. The maximum atomic E-state index is 12.7. The van der Waals surface area contributed by atoms with Crippen molar-refractivity contribution in [3.8, 4) is 0 Å². The summed E-state index contributed by atoms with van der Waals surface area (Å²) in [6, 6.07) is 8.82. The van der Waals surface area contributed by atoms with E-state index in [0.717, 1.165) is 25.7 Å². The molecule has 27 heavy (non-hydrogen) atoms. The van der Waals surface area contributed by atoms with Crippen molar-refractivity contribution < 1.29 is 22.1 Å². The first-order valence-corrected chi connectivity index (χ1v) is 11.1. The molecule has 3 unspecified atom stereocenters. The molecule has 7 heteroatoms. The van der Waals surface area contributed by atoms with Crippen LogP contribution in [0.25, 0.3) is 0 Å². The third-order valence-electron chi connectivity index (χ3n) is 5.18. The maximum Gasteiger partial charge on any atom is 0.410 e.